The van der Waals surface area contributed by atoms with E-state index in [0.717, 1.165) is 7.11 Å². The highest BCUT2D eigenvalue weighted by Crippen LogP contribution is 2.47. The summed E-state index contributed by atoms with van der Waals surface area (Å²) < 4.78 is 73.4. The Morgan fingerprint density at radius 1 is 1.24 bits per heavy atom. The molecule has 1 saturated heterocycles. The zero-order chi connectivity index (χ0) is 22.0. The van der Waals surface area contributed by atoms with E-state index in [1.807, 2.05) is 0 Å². The molecule has 1 atom stereocenters. The minimum atomic E-state index is -5.96. The van der Waals surface area contributed by atoms with Crippen molar-refractivity contribution in [2.45, 2.75) is 38.4 Å². The van der Waals surface area contributed by atoms with Gasteiger partial charge in [0.1, 0.15) is 12.6 Å². The first-order chi connectivity index (χ1) is 13.3. The summed E-state index contributed by atoms with van der Waals surface area (Å²) >= 11 is 0. The van der Waals surface area contributed by atoms with Gasteiger partial charge in [0.2, 0.25) is 0 Å². The molecule has 0 aliphatic carbocycles. The van der Waals surface area contributed by atoms with Crippen LogP contribution in [0.25, 0.3) is 0 Å². The zero-order valence-corrected chi connectivity index (χ0v) is 16.7. The molecule has 160 valence electrons. The second kappa shape index (κ2) is 8.05. The molecular weight excluding hydrogens is 415 g/mol. The van der Waals surface area contributed by atoms with Crippen LogP contribution in [0, 0.1) is 5.41 Å². The molecule has 29 heavy (non-hydrogen) atoms. The number of carbonyl (C=O) groups excluding carboxylic acids is 2. The summed E-state index contributed by atoms with van der Waals surface area (Å²) in [6.45, 7) is 2.66. The van der Waals surface area contributed by atoms with Gasteiger partial charge in [-0.15, -0.1) is 0 Å². The van der Waals surface area contributed by atoms with Crippen LogP contribution in [-0.2, 0) is 35.7 Å². The van der Waals surface area contributed by atoms with Crippen LogP contribution >= 0.6 is 0 Å². The van der Waals surface area contributed by atoms with E-state index in [4.69, 9.17) is 4.74 Å². The Morgan fingerprint density at radius 3 is 2.34 bits per heavy atom. The van der Waals surface area contributed by atoms with Crippen LogP contribution < -0.4 is 0 Å². The van der Waals surface area contributed by atoms with Gasteiger partial charge in [0.25, 0.3) is 0 Å². The van der Waals surface area contributed by atoms with Gasteiger partial charge in [0.05, 0.1) is 7.11 Å². The van der Waals surface area contributed by atoms with E-state index < -0.39 is 44.6 Å². The third-order valence-electron chi connectivity index (χ3n) is 4.38. The van der Waals surface area contributed by atoms with Crippen molar-refractivity contribution in [1.82, 2.24) is 4.31 Å². The third-order valence-corrected chi connectivity index (χ3v) is 5.93. The maximum absolute atomic E-state index is 13.2. The highest BCUT2D eigenvalue weighted by Gasteiger charge is 2.60. The standard InChI is InChI=1S/C18H20F3NO6S/c1-17(2)10-13(9-14(23)28-11-12-7-5-4-6-8-12)22(15(17)16(24)27-3)29(25,26)18(19,20)21/h4-9,15H,10-11H2,1-3H3/b13-9+/t15-/m1/s1. The first-order valence-electron chi connectivity index (χ1n) is 8.41. The molecule has 0 amide bonds. The van der Waals surface area contributed by atoms with Crippen LogP contribution in [0.4, 0.5) is 13.2 Å². The highest BCUT2D eigenvalue weighted by atomic mass is 32.2. The Bertz CT molecular complexity index is 909. The van der Waals surface area contributed by atoms with Crippen molar-refractivity contribution >= 4 is 22.0 Å². The van der Waals surface area contributed by atoms with Crippen molar-refractivity contribution in [3.63, 3.8) is 0 Å². The number of alkyl halides is 3. The SMILES string of the molecule is COC(=O)[C@H]1N(S(=O)(=O)C(F)(F)F)/C(=C/C(=O)OCc2ccccc2)CC1(C)C. The Labute approximate surface area is 166 Å². The van der Waals surface area contributed by atoms with E-state index in [-0.39, 0.29) is 17.3 Å². The zero-order valence-electron chi connectivity index (χ0n) is 15.9. The first kappa shape index (κ1) is 22.7. The van der Waals surface area contributed by atoms with Crippen molar-refractivity contribution in [2.24, 2.45) is 5.41 Å². The van der Waals surface area contributed by atoms with E-state index in [9.17, 15) is 31.2 Å². The fraction of sp³-hybridized carbons (Fsp3) is 0.444. The Kier molecular flexibility index (Phi) is 6.31. The summed E-state index contributed by atoms with van der Waals surface area (Å²) in [6.07, 6.45) is 0.374. The van der Waals surface area contributed by atoms with Crippen molar-refractivity contribution in [2.75, 3.05) is 7.11 Å². The minimum absolute atomic E-state index is 0.0807. The number of halogens is 3. The van der Waals surface area contributed by atoms with Gasteiger partial charge < -0.3 is 9.47 Å². The summed E-state index contributed by atoms with van der Waals surface area (Å²) in [5.41, 5.74) is -6.79. The maximum atomic E-state index is 13.2. The molecule has 0 unspecified atom stereocenters. The van der Waals surface area contributed by atoms with E-state index in [1.165, 1.54) is 13.8 Å². The van der Waals surface area contributed by atoms with E-state index >= 15 is 0 Å². The second-order valence-corrected chi connectivity index (χ2v) is 8.87. The number of hydrogen-bond donors (Lipinski definition) is 0. The Morgan fingerprint density at radius 2 is 1.83 bits per heavy atom. The summed E-state index contributed by atoms with van der Waals surface area (Å²) in [4.78, 5) is 24.3. The molecule has 0 aromatic heterocycles. The molecule has 1 aliphatic heterocycles. The number of ether oxygens (including phenoxy) is 2. The van der Waals surface area contributed by atoms with Crippen LogP contribution in [0.2, 0.25) is 0 Å². The lowest BCUT2D eigenvalue weighted by molar-refractivity contribution is -0.147. The number of nitrogens with zero attached hydrogens (tertiary/aromatic N) is 1. The predicted octanol–water partition coefficient (Wildman–Crippen LogP) is 2.74. The number of hydrogen-bond acceptors (Lipinski definition) is 6. The molecular formula is C18H20F3NO6S. The molecule has 7 nitrogen and oxygen atoms in total. The molecule has 0 bridgehead atoms. The van der Waals surface area contributed by atoms with Gasteiger partial charge in [-0.05, 0) is 12.0 Å². The van der Waals surface area contributed by atoms with Crippen LogP contribution in [0.3, 0.4) is 0 Å². The number of rotatable bonds is 5. The molecule has 0 radical (unpaired) electrons. The average Bonchev–Trinajstić information content (AvgIpc) is 2.89. The predicted molar refractivity (Wildman–Crippen MR) is 95.3 cm³/mol. The lowest BCUT2D eigenvalue weighted by Crippen LogP contribution is -2.50. The van der Waals surface area contributed by atoms with Crippen molar-refractivity contribution in [3.05, 3.63) is 47.7 Å². The largest absolute Gasteiger partial charge is 0.516 e. The summed E-state index contributed by atoms with van der Waals surface area (Å²) in [6, 6.07) is 6.73. The summed E-state index contributed by atoms with van der Waals surface area (Å²) in [5.74, 6) is -2.20. The van der Waals surface area contributed by atoms with Gasteiger partial charge in [-0.3, -0.25) is 4.31 Å². The lowest BCUT2D eigenvalue weighted by atomic mass is 9.84. The van der Waals surface area contributed by atoms with E-state index in [1.54, 1.807) is 30.3 Å². The minimum Gasteiger partial charge on any atom is -0.467 e. The van der Waals surface area contributed by atoms with Gasteiger partial charge in [0, 0.05) is 17.2 Å². The highest BCUT2D eigenvalue weighted by molar-refractivity contribution is 7.90. The smallest absolute Gasteiger partial charge is 0.467 e. The quantitative estimate of drug-likeness (QED) is 0.522. The van der Waals surface area contributed by atoms with Crippen LogP contribution in [0.1, 0.15) is 25.8 Å². The average molecular weight is 435 g/mol. The van der Waals surface area contributed by atoms with Crippen LogP contribution in [0.5, 0.6) is 0 Å². The molecule has 0 N–H and O–H groups in total. The number of benzene rings is 1. The number of sulfonamides is 1. The molecule has 0 spiro atoms. The number of esters is 2. The van der Waals surface area contributed by atoms with E-state index in [2.05, 4.69) is 4.74 Å². The molecule has 1 aromatic carbocycles. The summed E-state index contributed by atoms with van der Waals surface area (Å²) in [7, 11) is -5.02. The second-order valence-electron chi connectivity index (χ2n) is 7.07. The molecule has 1 fully saturated rings. The molecule has 2 rings (SSSR count). The van der Waals surface area contributed by atoms with E-state index in [0.29, 0.717) is 11.6 Å². The van der Waals surface area contributed by atoms with Crippen molar-refractivity contribution in [3.8, 4) is 0 Å². The monoisotopic (exact) mass is 435 g/mol. The summed E-state index contributed by atoms with van der Waals surface area (Å²) in [5, 5.41) is 0. The van der Waals surface area contributed by atoms with Crippen molar-refractivity contribution < 1.29 is 40.7 Å². The number of methoxy groups -OCH3 is 1. The first-order valence-corrected chi connectivity index (χ1v) is 9.85. The lowest BCUT2D eigenvalue weighted by Gasteiger charge is -2.30. The van der Waals surface area contributed by atoms with Gasteiger partial charge in [-0.1, -0.05) is 44.2 Å². The van der Waals surface area contributed by atoms with Gasteiger partial charge >= 0.3 is 27.5 Å². The molecule has 1 aliphatic rings. The number of allylic oxidation sites excluding steroid dienone is 1. The fourth-order valence-electron chi connectivity index (χ4n) is 3.08. The fourth-order valence-corrected chi connectivity index (χ4v) is 4.37. The van der Waals surface area contributed by atoms with Gasteiger partial charge in [-0.25, -0.2) is 9.59 Å². The Balaban J connectivity index is 2.40. The van der Waals surface area contributed by atoms with Crippen LogP contribution in [-0.4, -0.2) is 43.3 Å². The molecule has 1 aromatic rings. The van der Waals surface area contributed by atoms with Crippen LogP contribution in [0.15, 0.2) is 42.1 Å². The van der Waals surface area contributed by atoms with Gasteiger partial charge in [-0.2, -0.15) is 21.6 Å². The number of carbonyl (C=O) groups is 2. The molecule has 0 saturated carbocycles. The Hall–Kier alpha value is -2.56. The third kappa shape index (κ3) is 4.72. The van der Waals surface area contributed by atoms with Crippen molar-refractivity contribution in [1.29, 1.82) is 0 Å². The normalized spacial score (nSPS) is 20.6. The topological polar surface area (TPSA) is 90.0 Å². The van der Waals surface area contributed by atoms with Gasteiger partial charge in [0.15, 0.2) is 0 Å². The molecule has 11 heteroatoms. The maximum Gasteiger partial charge on any atom is 0.516 e. The molecule has 1 heterocycles.